The van der Waals surface area contributed by atoms with Gasteiger partial charge in [0.05, 0.1) is 12.7 Å². The molecule has 0 spiro atoms. The Bertz CT molecular complexity index is 528. The molecule has 0 radical (unpaired) electrons. The fourth-order valence-corrected chi connectivity index (χ4v) is 1.55. The Balaban J connectivity index is 0. The van der Waals surface area contributed by atoms with Crippen molar-refractivity contribution in [2.75, 3.05) is 13.1 Å². The van der Waals surface area contributed by atoms with E-state index in [1.165, 1.54) is 0 Å². The number of H-pyrrole nitrogens is 2. The largest absolute Gasteiger partial charge is 2.00 e. The molecule has 2 rings (SSSR count). The second kappa shape index (κ2) is 11.9. The first-order chi connectivity index (χ1) is 9.27. The second-order valence-electron chi connectivity index (χ2n) is 4.25. The summed E-state index contributed by atoms with van der Waals surface area (Å²) in [6, 6.07) is 0. The van der Waals surface area contributed by atoms with Crippen molar-refractivity contribution >= 4 is 12.4 Å². The molecule has 2 aromatic rings. The number of nitrogens with zero attached hydrogens (tertiary/aromatic N) is 4. The Kier molecular flexibility index (Phi) is 12.2. The minimum atomic E-state index is 0. The zero-order valence-corrected chi connectivity index (χ0v) is 16.0. The minimum Gasteiger partial charge on any atom is -0.457 e. The van der Waals surface area contributed by atoms with E-state index in [1.54, 1.807) is 25.1 Å². The van der Waals surface area contributed by atoms with E-state index >= 15 is 0 Å². The van der Waals surface area contributed by atoms with Crippen LogP contribution in [0, 0.1) is 13.8 Å². The van der Waals surface area contributed by atoms with Crippen molar-refractivity contribution in [3.8, 4) is 0 Å². The number of aryl methyl sites for hydroxylation is 2. The van der Waals surface area contributed by atoms with Gasteiger partial charge in [0.1, 0.15) is 11.4 Å². The molecule has 0 unspecified atom stereocenters. The molecule has 0 aliphatic rings. The summed E-state index contributed by atoms with van der Waals surface area (Å²) in [5, 5.41) is 0. The molecule has 0 fully saturated rings. The number of imidazole rings is 2. The van der Waals surface area contributed by atoms with Crippen molar-refractivity contribution < 1.29 is 30.4 Å². The Morgan fingerprint density at radius 2 is 1.32 bits per heavy atom. The predicted molar refractivity (Wildman–Crippen MR) is 85.9 cm³/mol. The maximum atomic E-state index is 4.32. The molecule has 0 atom stereocenters. The molecule has 0 amide bonds. The molecule has 0 saturated carbocycles. The van der Waals surface area contributed by atoms with Crippen LogP contribution < -0.4 is 0 Å². The van der Waals surface area contributed by atoms with E-state index in [2.05, 4.69) is 29.9 Å². The number of nitrogens with one attached hydrogen (secondary N) is 2. The third-order valence-electron chi connectivity index (χ3n) is 2.74. The van der Waals surface area contributed by atoms with Crippen molar-refractivity contribution in [1.29, 1.82) is 0 Å². The van der Waals surface area contributed by atoms with Gasteiger partial charge >= 0.3 is 19.5 Å². The molecule has 2 aromatic heterocycles. The van der Waals surface area contributed by atoms with Gasteiger partial charge in [-0.25, -0.2) is 9.97 Å². The third-order valence-corrected chi connectivity index (χ3v) is 2.74. The van der Waals surface area contributed by atoms with Crippen LogP contribution in [-0.2, 0) is 30.4 Å². The van der Waals surface area contributed by atoms with Crippen LogP contribution in [0.25, 0.3) is 0 Å². The van der Waals surface area contributed by atoms with Gasteiger partial charge in [0, 0.05) is 36.9 Å². The summed E-state index contributed by atoms with van der Waals surface area (Å²) in [7, 11) is 0. The Labute approximate surface area is 142 Å². The molecule has 0 bridgehead atoms. The zero-order chi connectivity index (χ0) is 13.5. The summed E-state index contributed by atoms with van der Waals surface area (Å²) in [6.07, 6.45) is 7.86. The molecule has 22 heavy (non-hydrogen) atoms. The van der Waals surface area contributed by atoms with Crippen LogP contribution in [0.15, 0.2) is 22.6 Å². The molecule has 0 aliphatic heterocycles. The van der Waals surface area contributed by atoms with Gasteiger partial charge in [0.15, 0.2) is 0 Å². The van der Waals surface area contributed by atoms with Crippen molar-refractivity contribution in [2.24, 2.45) is 9.98 Å². The van der Waals surface area contributed by atoms with E-state index in [0.29, 0.717) is 0 Å². The van der Waals surface area contributed by atoms with Crippen molar-refractivity contribution in [2.45, 2.75) is 20.3 Å². The number of hydrogen-bond donors (Lipinski definition) is 2. The Morgan fingerprint density at radius 3 is 1.64 bits per heavy atom. The molecule has 8 N–H and O–H groups in total. The quantitative estimate of drug-likeness (QED) is 0.318. The number of aromatic amines is 2. The van der Waals surface area contributed by atoms with Crippen LogP contribution in [0.1, 0.15) is 29.2 Å². The maximum absolute atomic E-state index is 4.32. The van der Waals surface area contributed by atoms with Crippen LogP contribution in [0.5, 0.6) is 0 Å². The summed E-state index contributed by atoms with van der Waals surface area (Å²) in [5.41, 5.74) is 3.87. The molecule has 0 aromatic carbocycles. The van der Waals surface area contributed by atoms with Crippen LogP contribution in [0.3, 0.4) is 0 Å². The van der Waals surface area contributed by atoms with Gasteiger partial charge in [-0.2, -0.15) is 0 Å². The monoisotopic (exact) mass is 360 g/mol. The van der Waals surface area contributed by atoms with E-state index in [4.69, 9.17) is 0 Å². The molecule has 8 nitrogen and oxygen atoms in total. The van der Waals surface area contributed by atoms with Gasteiger partial charge in [-0.3, -0.25) is 9.98 Å². The molecule has 0 aliphatic carbocycles. The van der Waals surface area contributed by atoms with E-state index in [1.807, 2.05) is 13.8 Å². The van der Waals surface area contributed by atoms with Crippen molar-refractivity contribution in [1.82, 2.24) is 19.9 Å². The van der Waals surface area contributed by atoms with Crippen LogP contribution in [0.2, 0.25) is 0 Å². The van der Waals surface area contributed by atoms with Crippen molar-refractivity contribution in [3.63, 3.8) is 0 Å². The average molecular weight is 362 g/mol. The Morgan fingerprint density at radius 1 is 0.909 bits per heavy atom. The van der Waals surface area contributed by atoms with E-state index in [0.717, 1.165) is 42.3 Å². The third kappa shape index (κ3) is 6.84. The number of aliphatic imine (C=N–C) groups is 2. The number of rotatable bonds is 6. The molecule has 9 heteroatoms. The van der Waals surface area contributed by atoms with Crippen molar-refractivity contribution in [3.05, 3.63) is 35.4 Å². The molecule has 2 heterocycles. The van der Waals surface area contributed by atoms with Gasteiger partial charge in [0.25, 0.3) is 0 Å². The van der Waals surface area contributed by atoms with Gasteiger partial charge < -0.3 is 20.9 Å². The summed E-state index contributed by atoms with van der Waals surface area (Å²) in [4.78, 5) is 23.0. The normalized spacial score (nSPS) is 10.3. The summed E-state index contributed by atoms with van der Waals surface area (Å²) < 4.78 is 0. The zero-order valence-electron chi connectivity index (χ0n) is 13.1. The first kappa shape index (κ1) is 22.6. The van der Waals surface area contributed by atoms with Crippen LogP contribution in [-0.4, -0.2) is 45.5 Å². The molecular formula is C13H24N6O2Zn+4. The van der Waals surface area contributed by atoms with Gasteiger partial charge in [-0.05, 0) is 20.3 Å². The number of aromatic nitrogens is 4. The van der Waals surface area contributed by atoms with E-state index in [9.17, 15) is 0 Å². The topological polar surface area (TPSA) is 148 Å². The van der Waals surface area contributed by atoms with Gasteiger partial charge in [0.2, 0.25) is 0 Å². The first-order valence-corrected chi connectivity index (χ1v) is 6.27. The summed E-state index contributed by atoms with van der Waals surface area (Å²) >= 11 is 0. The van der Waals surface area contributed by atoms with Gasteiger partial charge in [-0.1, -0.05) is 0 Å². The van der Waals surface area contributed by atoms with Gasteiger partial charge in [-0.15, -0.1) is 0 Å². The first-order valence-electron chi connectivity index (χ1n) is 6.27. The molecule has 0 saturated heterocycles. The number of hydrogen-bond acceptors (Lipinski definition) is 4. The molecule has 116 valence electrons. The second-order valence-corrected chi connectivity index (χ2v) is 4.25. The predicted octanol–water partition coefficient (Wildman–Crippen LogP) is -0.169. The summed E-state index contributed by atoms with van der Waals surface area (Å²) in [5.74, 6) is 0. The van der Waals surface area contributed by atoms with Crippen LogP contribution in [0.4, 0.5) is 0 Å². The molecular weight excluding hydrogens is 338 g/mol. The van der Waals surface area contributed by atoms with E-state index < -0.39 is 0 Å². The SMILES string of the molecule is Cc1[nH]cnc1C=NCCCN=Cc1nc[nH]c1C.[OH3+].[OH3+].[Zn+2]. The fraction of sp³-hybridized carbons (Fsp3) is 0.385. The smallest absolute Gasteiger partial charge is 0.457 e. The standard InChI is InChI=1S/C13H18N6.2H2O.Zn/c1-10-12(18-8-16-10)6-14-4-3-5-15-7-13-11(2)17-9-19-13;;;/h6-9H,3-5H2,1-2H3,(H,16,18)(H,17,19);2*1H2;/q;;;+2/p+2. The Hall–Kier alpha value is -1.70. The van der Waals surface area contributed by atoms with Crippen LogP contribution >= 0.6 is 0 Å². The summed E-state index contributed by atoms with van der Waals surface area (Å²) in [6.45, 7) is 5.46. The maximum Gasteiger partial charge on any atom is 2.00 e. The minimum absolute atomic E-state index is 0. The fourth-order valence-electron chi connectivity index (χ4n) is 1.55. The van der Waals surface area contributed by atoms with E-state index in [-0.39, 0.29) is 30.4 Å². The average Bonchev–Trinajstić information content (AvgIpc) is 2.98.